The van der Waals surface area contributed by atoms with Crippen LogP contribution in [0.5, 0.6) is 0 Å². The third-order valence-electron chi connectivity index (χ3n) is 4.04. The average Bonchev–Trinajstić information content (AvgIpc) is 3.14. The molecule has 0 atom stereocenters. The number of fused-ring (bicyclic) bond motifs is 1. The van der Waals surface area contributed by atoms with E-state index >= 15 is 0 Å². The number of aromatic nitrogens is 5. The van der Waals surface area contributed by atoms with Crippen LogP contribution in [-0.4, -0.2) is 25.0 Å². The molecule has 0 saturated heterocycles. The average molecular weight is 350 g/mol. The molecule has 0 bridgehead atoms. The van der Waals surface area contributed by atoms with E-state index in [2.05, 4.69) is 58.7 Å². The summed E-state index contributed by atoms with van der Waals surface area (Å²) in [6.07, 6.45) is 0. The lowest BCUT2D eigenvalue weighted by molar-refractivity contribution is 0.842. The first-order valence-electron chi connectivity index (χ1n) is 8.02. The molecule has 0 radical (unpaired) electrons. The zero-order chi connectivity index (χ0) is 17.6. The van der Waals surface area contributed by atoms with Crippen molar-refractivity contribution < 1.29 is 0 Å². The lowest BCUT2D eigenvalue weighted by atomic mass is 10.1. The minimum atomic E-state index is 0.743. The van der Waals surface area contributed by atoms with Crippen LogP contribution in [0.25, 0.3) is 16.7 Å². The van der Waals surface area contributed by atoms with E-state index in [1.807, 2.05) is 24.6 Å². The molecule has 0 amide bonds. The van der Waals surface area contributed by atoms with Crippen LogP contribution >= 0.6 is 11.3 Å². The predicted octanol–water partition coefficient (Wildman–Crippen LogP) is 4.25. The van der Waals surface area contributed by atoms with Gasteiger partial charge in [0.2, 0.25) is 5.13 Å². The van der Waals surface area contributed by atoms with Gasteiger partial charge in [-0.1, -0.05) is 29.5 Å². The maximum Gasteiger partial charge on any atom is 0.211 e. The molecule has 0 unspecified atom stereocenters. The summed E-state index contributed by atoms with van der Waals surface area (Å²) in [5.74, 6) is 1.62. The number of nitrogens with one attached hydrogen (secondary N) is 1. The highest BCUT2D eigenvalue weighted by Crippen LogP contribution is 2.26. The van der Waals surface area contributed by atoms with Gasteiger partial charge < -0.3 is 5.32 Å². The fraction of sp³-hybridized carbons (Fsp3) is 0.222. The molecule has 1 aromatic carbocycles. The second kappa shape index (κ2) is 5.93. The van der Waals surface area contributed by atoms with E-state index in [4.69, 9.17) is 4.98 Å². The number of nitrogens with zero attached hydrogens (tertiary/aromatic N) is 5. The van der Waals surface area contributed by atoms with Crippen LogP contribution in [0.4, 0.5) is 10.9 Å². The molecular formula is C18H18N6S. The van der Waals surface area contributed by atoms with E-state index in [0.717, 1.165) is 38.5 Å². The molecule has 1 N–H and O–H groups in total. The minimum Gasteiger partial charge on any atom is -0.315 e. The van der Waals surface area contributed by atoms with Crippen molar-refractivity contribution >= 4 is 33.2 Å². The van der Waals surface area contributed by atoms with Gasteiger partial charge in [0.15, 0.2) is 5.82 Å². The van der Waals surface area contributed by atoms with Crippen LogP contribution in [0, 0.1) is 27.7 Å². The van der Waals surface area contributed by atoms with Gasteiger partial charge in [-0.3, -0.25) is 0 Å². The second-order valence-electron chi connectivity index (χ2n) is 6.10. The Morgan fingerprint density at radius 3 is 2.60 bits per heavy atom. The topological polar surface area (TPSA) is 68.5 Å². The largest absolute Gasteiger partial charge is 0.315 e. The SMILES string of the molecule is Cc1cc(Nc2nnc(C)s2)n(-c2cc(C)c3cccc(C)c3n2)n1. The summed E-state index contributed by atoms with van der Waals surface area (Å²) in [5.41, 5.74) is 4.24. The Morgan fingerprint density at radius 1 is 1.00 bits per heavy atom. The Bertz CT molecular complexity index is 1080. The molecule has 0 aliphatic carbocycles. The highest BCUT2D eigenvalue weighted by molar-refractivity contribution is 7.15. The first-order valence-corrected chi connectivity index (χ1v) is 8.84. The van der Waals surface area contributed by atoms with E-state index in [1.54, 1.807) is 0 Å². The van der Waals surface area contributed by atoms with Crippen LogP contribution < -0.4 is 5.32 Å². The monoisotopic (exact) mass is 350 g/mol. The van der Waals surface area contributed by atoms with Crippen molar-refractivity contribution in [3.8, 4) is 5.82 Å². The zero-order valence-corrected chi connectivity index (χ0v) is 15.3. The van der Waals surface area contributed by atoms with Crippen LogP contribution in [-0.2, 0) is 0 Å². The van der Waals surface area contributed by atoms with Gasteiger partial charge in [-0.2, -0.15) is 9.78 Å². The normalized spacial score (nSPS) is 11.2. The van der Waals surface area contributed by atoms with Crippen LogP contribution in [0.15, 0.2) is 30.3 Å². The summed E-state index contributed by atoms with van der Waals surface area (Å²) in [6.45, 7) is 8.08. The zero-order valence-electron chi connectivity index (χ0n) is 14.5. The lowest BCUT2D eigenvalue weighted by Crippen LogP contribution is -2.05. The van der Waals surface area contributed by atoms with Gasteiger partial charge in [0.1, 0.15) is 10.8 Å². The maximum absolute atomic E-state index is 4.85. The summed E-state index contributed by atoms with van der Waals surface area (Å²) in [6, 6.07) is 10.3. The van der Waals surface area contributed by atoms with E-state index in [1.165, 1.54) is 22.3 Å². The minimum absolute atomic E-state index is 0.743. The van der Waals surface area contributed by atoms with E-state index in [9.17, 15) is 0 Å². The molecule has 0 spiro atoms. The standard InChI is InChI=1S/C18H18N6S/c1-10-6-5-7-14-11(2)8-15(19-17(10)14)24-16(9-12(3)23-24)20-18-22-21-13(4)25-18/h5-9H,1-4H3,(H,20,22). The van der Waals surface area contributed by atoms with Gasteiger partial charge in [-0.15, -0.1) is 10.2 Å². The third-order valence-corrected chi connectivity index (χ3v) is 4.80. The van der Waals surface area contributed by atoms with Gasteiger partial charge in [-0.05, 0) is 44.9 Å². The lowest BCUT2D eigenvalue weighted by Gasteiger charge is -2.11. The fourth-order valence-corrected chi connectivity index (χ4v) is 3.47. The number of benzene rings is 1. The Morgan fingerprint density at radius 2 is 1.84 bits per heavy atom. The number of rotatable bonds is 3. The Labute approximate surface area is 149 Å². The number of para-hydroxylation sites is 1. The molecule has 0 aliphatic heterocycles. The van der Waals surface area contributed by atoms with Gasteiger partial charge in [0, 0.05) is 11.5 Å². The summed E-state index contributed by atoms with van der Waals surface area (Å²) in [5, 5.41) is 18.9. The Hall–Kier alpha value is -2.80. The molecule has 0 fully saturated rings. The number of anilines is 2. The first-order chi connectivity index (χ1) is 12.0. The van der Waals surface area contributed by atoms with Gasteiger partial charge >= 0.3 is 0 Å². The Balaban J connectivity index is 1.85. The third kappa shape index (κ3) is 2.87. The molecule has 126 valence electrons. The quantitative estimate of drug-likeness (QED) is 0.598. The molecule has 0 aliphatic rings. The highest BCUT2D eigenvalue weighted by atomic mass is 32.1. The van der Waals surface area contributed by atoms with Crippen molar-refractivity contribution in [1.82, 2.24) is 25.0 Å². The van der Waals surface area contributed by atoms with Gasteiger partial charge in [0.25, 0.3) is 0 Å². The fourth-order valence-electron chi connectivity index (χ4n) is 2.87. The molecule has 6 nitrogen and oxygen atoms in total. The first kappa shape index (κ1) is 15.7. The summed E-state index contributed by atoms with van der Waals surface area (Å²) in [4.78, 5) is 4.85. The van der Waals surface area contributed by atoms with E-state index in [0.29, 0.717) is 0 Å². The molecule has 25 heavy (non-hydrogen) atoms. The van der Waals surface area contributed by atoms with Crippen molar-refractivity contribution in [1.29, 1.82) is 0 Å². The van der Waals surface area contributed by atoms with Gasteiger partial charge in [0.05, 0.1) is 11.2 Å². The molecule has 3 heterocycles. The Kier molecular flexibility index (Phi) is 3.73. The van der Waals surface area contributed by atoms with Crippen LogP contribution in [0.2, 0.25) is 0 Å². The number of hydrogen-bond donors (Lipinski definition) is 1. The predicted molar refractivity (Wildman–Crippen MR) is 101 cm³/mol. The van der Waals surface area contributed by atoms with Crippen LogP contribution in [0.1, 0.15) is 21.8 Å². The van der Waals surface area contributed by atoms with Crippen molar-refractivity contribution in [2.75, 3.05) is 5.32 Å². The van der Waals surface area contributed by atoms with Crippen molar-refractivity contribution in [2.45, 2.75) is 27.7 Å². The maximum atomic E-state index is 4.85. The molecule has 0 saturated carbocycles. The van der Waals surface area contributed by atoms with Crippen LogP contribution in [0.3, 0.4) is 0 Å². The molecular weight excluding hydrogens is 332 g/mol. The summed E-state index contributed by atoms with van der Waals surface area (Å²) >= 11 is 1.51. The van der Waals surface area contributed by atoms with E-state index < -0.39 is 0 Å². The molecule has 4 rings (SSSR count). The molecule has 4 aromatic rings. The highest BCUT2D eigenvalue weighted by Gasteiger charge is 2.13. The molecule has 3 aromatic heterocycles. The molecule has 7 heteroatoms. The van der Waals surface area contributed by atoms with Crippen molar-refractivity contribution in [2.24, 2.45) is 0 Å². The van der Waals surface area contributed by atoms with Gasteiger partial charge in [-0.25, -0.2) is 4.98 Å². The second-order valence-corrected chi connectivity index (χ2v) is 7.28. The summed E-state index contributed by atoms with van der Waals surface area (Å²) in [7, 11) is 0. The number of aryl methyl sites for hydroxylation is 4. The number of pyridine rings is 1. The van der Waals surface area contributed by atoms with Crippen molar-refractivity contribution in [3.05, 3.63) is 52.2 Å². The number of hydrogen-bond acceptors (Lipinski definition) is 6. The van der Waals surface area contributed by atoms with Crippen molar-refractivity contribution in [3.63, 3.8) is 0 Å². The summed E-state index contributed by atoms with van der Waals surface area (Å²) < 4.78 is 1.82. The smallest absolute Gasteiger partial charge is 0.211 e. The van der Waals surface area contributed by atoms with E-state index in [-0.39, 0.29) is 0 Å².